The average molecular weight is 423 g/mol. The molecule has 3 aliphatic rings. The number of anilines is 1. The molecule has 142 valence electrons. The summed E-state index contributed by atoms with van der Waals surface area (Å²) >= 11 is 6.47. The predicted octanol–water partition coefficient (Wildman–Crippen LogP) is 2.20. The van der Waals surface area contributed by atoms with E-state index in [0.29, 0.717) is 27.8 Å². The zero-order chi connectivity index (χ0) is 19.3. The van der Waals surface area contributed by atoms with Gasteiger partial charge in [0.25, 0.3) is 11.8 Å². The third kappa shape index (κ3) is 3.01. The van der Waals surface area contributed by atoms with Gasteiger partial charge in [-0.15, -0.1) is 0 Å². The SMILES string of the molecule is CCCN1C(=O)/C(=C2\SC(=S)N([C@H]3CCS(=O)(=O)C3)C2=O)c2ccccc21. The Kier molecular flexibility index (Phi) is 4.64. The molecule has 0 spiro atoms. The molecule has 0 N–H and O–H groups in total. The molecule has 27 heavy (non-hydrogen) atoms. The summed E-state index contributed by atoms with van der Waals surface area (Å²) in [4.78, 5) is 29.6. The quantitative estimate of drug-likeness (QED) is 0.549. The summed E-state index contributed by atoms with van der Waals surface area (Å²) < 4.78 is 24.0. The monoisotopic (exact) mass is 422 g/mol. The minimum Gasteiger partial charge on any atom is -0.308 e. The summed E-state index contributed by atoms with van der Waals surface area (Å²) in [5.74, 6) is -0.567. The van der Waals surface area contributed by atoms with E-state index in [0.717, 1.165) is 29.4 Å². The van der Waals surface area contributed by atoms with Gasteiger partial charge in [0.15, 0.2) is 9.84 Å². The summed E-state index contributed by atoms with van der Waals surface area (Å²) in [5.41, 5.74) is 1.91. The van der Waals surface area contributed by atoms with Crippen molar-refractivity contribution in [1.82, 2.24) is 4.90 Å². The molecule has 9 heteroatoms. The summed E-state index contributed by atoms with van der Waals surface area (Å²) in [6, 6.07) is 6.97. The Labute approximate surface area is 167 Å². The minimum atomic E-state index is -3.15. The van der Waals surface area contributed by atoms with Gasteiger partial charge in [0.2, 0.25) is 0 Å². The first kappa shape index (κ1) is 18.6. The zero-order valence-electron chi connectivity index (χ0n) is 14.7. The average Bonchev–Trinajstić information content (AvgIpc) is 3.21. The third-order valence-corrected chi connectivity index (χ3v) is 8.12. The highest BCUT2D eigenvalue weighted by Gasteiger charge is 2.46. The van der Waals surface area contributed by atoms with Gasteiger partial charge in [0, 0.05) is 12.1 Å². The van der Waals surface area contributed by atoms with Gasteiger partial charge in [0.1, 0.15) is 4.32 Å². The molecule has 0 aromatic heterocycles. The highest BCUT2D eigenvalue weighted by Crippen LogP contribution is 2.45. The van der Waals surface area contributed by atoms with Crippen LogP contribution in [0.1, 0.15) is 25.3 Å². The van der Waals surface area contributed by atoms with Crippen molar-refractivity contribution in [2.75, 3.05) is 23.0 Å². The molecular formula is C18H18N2O4S3. The fraction of sp³-hybridized carbons (Fsp3) is 0.389. The Morgan fingerprint density at radius 3 is 2.63 bits per heavy atom. The Morgan fingerprint density at radius 2 is 1.96 bits per heavy atom. The van der Waals surface area contributed by atoms with Crippen LogP contribution in [0.2, 0.25) is 0 Å². The van der Waals surface area contributed by atoms with Crippen LogP contribution in [0.5, 0.6) is 0 Å². The Balaban J connectivity index is 1.77. The molecule has 0 aliphatic carbocycles. The van der Waals surface area contributed by atoms with E-state index in [-0.39, 0.29) is 23.3 Å². The van der Waals surface area contributed by atoms with E-state index >= 15 is 0 Å². The van der Waals surface area contributed by atoms with Crippen molar-refractivity contribution in [2.24, 2.45) is 0 Å². The van der Waals surface area contributed by atoms with Gasteiger partial charge in [0.05, 0.1) is 33.7 Å². The topological polar surface area (TPSA) is 74.8 Å². The molecular weight excluding hydrogens is 404 g/mol. The van der Waals surface area contributed by atoms with E-state index in [1.165, 1.54) is 4.90 Å². The number of benzene rings is 1. The molecule has 0 saturated carbocycles. The van der Waals surface area contributed by atoms with Gasteiger partial charge in [-0.1, -0.05) is 49.1 Å². The van der Waals surface area contributed by atoms with Crippen LogP contribution in [0.15, 0.2) is 29.2 Å². The number of nitrogens with zero attached hydrogens (tertiary/aromatic N) is 2. The zero-order valence-corrected chi connectivity index (χ0v) is 17.1. The van der Waals surface area contributed by atoms with Crippen molar-refractivity contribution in [1.29, 1.82) is 0 Å². The molecule has 0 radical (unpaired) electrons. The number of hydrogen-bond acceptors (Lipinski definition) is 6. The Bertz CT molecular complexity index is 1000. The van der Waals surface area contributed by atoms with Crippen molar-refractivity contribution in [3.63, 3.8) is 0 Å². The largest absolute Gasteiger partial charge is 0.308 e. The van der Waals surface area contributed by atoms with E-state index in [1.807, 2.05) is 31.2 Å². The summed E-state index contributed by atoms with van der Waals surface area (Å²) in [6.45, 7) is 2.56. The number of amides is 2. The standard InChI is InChI=1S/C18H18N2O4S3/c1-2-8-19-13-6-4-3-5-12(13)14(16(19)21)15-17(22)20(18(25)26-15)11-7-9-27(23,24)10-11/h3-6,11H,2,7-10H2,1H3/b15-14-/t11-/m0/s1. The predicted molar refractivity (Wildman–Crippen MR) is 110 cm³/mol. The number of hydrogen-bond donors (Lipinski definition) is 0. The summed E-state index contributed by atoms with van der Waals surface area (Å²) in [6.07, 6.45) is 1.18. The lowest BCUT2D eigenvalue weighted by Crippen LogP contribution is -2.39. The lowest BCUT2D eigenvalue weighted by atomic mass is 10.1. The van der Waals surface area contributed by atoms with Crippen molar-refractivity contribution >= 4 is 61.2 Å². The van der Waals surface area contributed by atoms with Gasteiger partial charge in [-0.25, -0.2) is 8.42 Å². The van der Waals surface area contributed by atoms with Crippen LogP contribution in [0, 0.1) is 0 Å². The first-order chi connectivity index (χ1) is 12.8. The maximum absolute atomic E-state index is 13.1. The first-order valence-corrected chi connectivity index (χ1v) is 11.8. The number of carbonyl (C=O) groups excluding carboxylic acids is 2. The number of carbonyl (C=O) groups is 2. The van der Waals surface area contributed by atoms with Gasteiger partial charge < -0.3 is 4.90 Å². The van der Waals surface area contributed by atoms with Crippen LogP contribution in [0.3, 0.4) is 0 Å². The number of thioether (sulfide) groups is 1. The molecule has 1 aromatic rings. The highest BCUT2D eigenvalue weighted by molar-refractivity contribution is 8.26. The van der Waals surface area contributed by atoms with Crippen LogP contribution < -0.4 is 4.90 Å². The number of fused-ring (bicyclic) bond motifs is 1. The number of rotatable bonds is 3. The minimum absolute atomic E-state index is 0.0622. The number of para-hydroxylation sites is 1. The molecule has 1 atom stereocenters. The Hall–Kier alpha value is -1.71. The molecule has 3 aliphatic heterocycles. The number of thiocarbonyl (C=S) groups is 1. The van der Waals surface area contributed by atoms with Crippen molar-refractivity contribution in [3.05, 3.63) is 34.7 Å². The summed E-state index contributed by atoms with van der Waals surface area (Å²) in [7, 11) is -3.15. The summed E-state index contributed by atoms with van der Waals surface area (Å²) in [5, 5.41) is 0. The maximum atomic E-state index is 13.1. The molecule has 4 rings (SSSR count). The van der Waals surface area contributed by atoms with Crippen LogP contribution in [-0.2, 0) is 19.4 Å². The van der Waals surface area contributed by atoms with Crippen LogP contribution in [0.4, 0.5) is 5.69 Å². The highest BCUT2D eigenvalue weighted by atomic mass is 32.2. The molecule has 2 saturated heterocycles. The fourth-order valence-electron chi connectivity index (χ4n) is 3.77. The van der Waals surface area contributed by atoms with Gasteiger partial charge >= 0.3 is 0 Å². The molecule has 2 amide bonds. The second-order valence-electron chi connectivity index (χ2n) is 6.78. The smallest absolute Gasteiger partial charge is 0.267 e. The van der Waals surface area contributed by atoms with E-state index in [2.05, 4.69) is 0 Å². The second kappa shape index (κ2) is 6.72. The molecule has 6 nitrogen and oxygen atoms in total. The second-order valence-corrected chi connectivity index (χ2v) is 10.7. The molecule has 1 aromatic carbocycles. The lowest BCUT2D eigenvalue weighted by molar-refractivity contribution is -0.123. The molecule has 2 fully saturated rings. The molecule has 0 unspecified atom stereocenters. The number of sulfone groups is 1. The van der Waals surface area contributed by atoms with Crippen molar-refractivity contribution in [2.45, 2.75) is 25.8 Å². The van der Waals surface area contributed by atoms with Crippen LogP contribution >= 0.6 is 24.0 Å². The Morgan fingerprint density at radius 1 is 1.22 bits per heavy atom. The van der Waals surface area contributed by atoms with E-state index in [9.17, 15) is 18.0 Å². The first-order valence-electron chi connectivity index (χ1n) is 8.75. The third-order valence-electron chi connectivity index (χ3n) is 4.97. The van der Waals surface area contributed by atoms with Gasteiger partial charge in [-0.05, 0) is 18.9 Å². The van der Waals surface area contributed by atoms with Crippen molar-refractivity contribution in [3.8, 4) is 0 Å². The molecule has 0 bridgehead atoms. The van der Waals surface area contributed by atoms with Crippen molar-refractivity contribution < 1.29 is 18.0 Å². The lowest BCUT2D eigenvalue weighted by Gasteiger charge is -2.21. The fourth-order valence-corrected chi connectivity index (χ4v) is 6.94. The molecule has 3 heterocycles. The van der Waals surface area contributed by atoms with E-state index in [4.69, 9.17) is 12.2 Å². The van der Waals surface area contributed by atoms with Crippen LogP contribution in [-0.4, -0.2) is 53.5 Å². The normalized spacial score (nSPS) is 27.0. The van der Waals surface area contributed by atoms with Crippen LogP contribution in [0.25, 0.3) is 5.57 Å². The van der Waals surface area contributed by atoms with Gasteiger partial charge in [-0.3, -0.25) is 14.5 Å². The van der Waals surface area contributed by atoms with E-state index in [1.54, 1.807) is 4.90 Å². The maximum Gasteiger partial charge on any atom is 0.267 e. The van der Waals surface area contributed by atoms with Gasteiger partial charge in [-0.2, -0.15) is 0 Å². The van der Waals surface area contributed by atoms with E-state index < -0.39 is 15.9 Å².